The van der Waals surface area contributed by atoms with Gasteiger partial charge in [0.25, 0.3) is 5.91 Å². The molecule has 0 aliphatic rings. The minimum Gasteiger partial charge on any atom is -0.548 e. The molecule has 3 aromatic rings. The molecule has 0 fully saturated rings. The van der Waals surface area contributed by atoms with Crippen LogP contribution in [0.3, 0.4) is 0 Å². The zero-order valence-electron chi connectivity index (χ0n) is 13.3. The monoisotopic (exact) mass is 325 g/mol. The van der Waals surface area contributed by atoms with Crippen molar-refractivity contribution in [2.75, 3.05) is 0 Å². The number of carboxylic acids is 1. The number of hydrogen-bond acceptors (Lipinski definition) is 4. The van der Waals surface area contributed by atoms with Gasteiger partial charge in [-0.1, -0.05) is 19.1 Å². The molecular weight excluding hydrogens is 308 g/mol. The number of rotatable bonds is 5. The Morgan fingerprint density at radius 2 is 2.04 bits per heavy atom. The molecule has 2 N–H and O–H groups in total. The van der Waals surface area contributed by atoms with Crippen LogP contribution in [0.1, 0.15) is 34.5 Å². The van der Waals surface area contributed by atoms with Gasteiger partial charge in [-0.15, -0.1) is 0 Å². The van der Waals surface area contributed by atoms with Crippen molar-refractivity contribution < 1.29 is 19.1 Å². The van der Waals surface area contributed by atoms with E-state index >= 15 is 0 Å². The molecule has 0 radical (unpaired) electrons. The zero-order chi connectivity index (χ0) is 17.3. The van der Waals surface area contributed by atoms with Gasteiger partial charge >= 0.3 is 0 Å². The molecule has 0 spiro atoms. The van der Waals surface area contributed by atoms with Gasteiger partial charge in [0, 0.05) is 23.0 Å². The highest BCUT2D eigenvalue weighted by Crippen LogP contribution is 2.30. The number of benzene rings is 1. The molecule has 2 heterocycles. The van der Waals surface area contributed by atoms with Crippen LogP contribution >= 0.6 is 0 Å². The number of H-pyrrole nitrogens is 1. The predicted octanol–water partition coefficient (Wildman–Crippen LogP) is 1.72. The first-order valence-corrected chi connectivity index (χ1v) is 7.61. The molecule has 2 aromatic heterocycles. The van der Waals surface area contributed by atoms with Gasteiger partial charge in [0.15, 0.2) is 5.76 Å². The summed E-state index contributed by atoms with van der Waals surface area (Å²) in [4.78, 5) is 26.9. The second-order valence-corrected chi connectivity index (χ2v) is 5.78. The second kappa shape index (κ2) is 6.23. The molecule has 1 aromatic carbocycles. The average Bonchev–Trinajstić information content (AvgIpc) is 3.21. The van der Waals surface area contributed by atoms with Crippen molar-refractivity contribution in [3.8, 4) is 0 Å². The summed E-state index contributed by atoms with van der Waals surface area (Å²) in [6, 6.07) is 7.67. The van der Waals surface area contributed by atoms with Gasteiger partial charge in [-0.2, -0.15) is 0 Å². The quantitative estimate of drug-likeness (QED) is 0.746. The van der Waals surface area contributed by atoms with Crippen molar-refractivity contribution in [3.05, 3.63) is 59.7 Å². The summed E-state index contributed by atoms with van der Waals surface area (Å²) in [5.74, 6) is -2.35. The number of carboxylic acid groups (broad SMARTS) is 1. The molecule has 24 heavy (non-hydrogen) atoms. The first-order chi connectivity index (χ1) is 11.5. The number of aromatic amines is 1. The Morgan fingerprint density at radius 1 is 1.25 bits per heavy atom. The van der Waals surface area contributed by atoms with E-state index in [1.54, 1.807) is 19.2 Å². The lowest BCUT2D eigenvalue weighted by atomic mass is 9.91. The van der Waals surface area contributed by atoms with Crippen molar-refractivity contribution in [3.63, 3.8) is 0 Å². The SMILES string of the molecule is Cc1cccc2[nH]cc([C@H](C)[C@@H](NC(=O)c3ccco3)C(=O)[O-])c12. The molecule has 1 amide bonds. The lowest BCUT2D eigenvalue weighted by Crippen LogP contribution is -2.50. The van der Waals surface area contributed by atoms with Gasteiger partial charge in [0.05, 0.1) is 18.3 Å². The third-order valence-corrected chi connectivity index (χ3v) is 4.22. The van der Waals surface area contributed by atoms with Crippen LogP contribution in [0.15, 0.2) is 47.2 Å². The summed E-state index contributed by atoms with van der Waals surface area (Å²) in [5, 5.41) is 15.0. The molecule has 0 bridgehead atoms. The van der Waals surface area contributed by atoms with E-state index in [9.17, 15) is 14.7 Å². The molecule has 3 rings (SSSR count). The number of nitrogens with one attached hydrogen (secondary N) is 2. The van der Waals surface area contributed by atoms with Crippen LogP contribution in [0.4, 0.5) is 0 Å². The number of furan rings is 1. The number of hydrogen-bond donors (Lipinski definition) is 2. The minimum atomic E-state index is -1.34. The fourth-order valence-electron chi connectivity index (χ4n) is 2.95. The van der Waals surface area contributed by atoms with Crippen LogP contribution in [0.5, 0.6) is 0 Å². The number of fused-ring (bicyclic) bond motifs is 1. The van der Waals surface area contributed by atoms with E-state index in [0.29, 0.717) is 0 Å². The number of amides is 1. The summed E-state index contributed by atoms with van der Waals surface area (Å²) in [6.45, 7) is 3.71. The highest BCUT2D eigenvalue weighted by Gasteiger charge is 2.26. The van der Waals surface area contributed by atoms with E-state index in [1.165, 1.54) is 12.3 Å². The van der Waals surface area contributed by atoms with Gasteiger partial charge < -0.3 is 24.6 Å². The summed E-state index contributed by atoms with van der Waals surface area (Å²) in [6.07, 6.45) is 3.13. The topological polar surface area (TPSA) is 98.2 Å². The number of carbonyl (C=O) groups excluding carboxylic acids is 2. The first-order valence-electron chi connectivity index (χ1n) is 7.61. The maximum absolute atomic E-state index is 12.1. The van der Waals surface area contributed by atoms with Gasteiger partial charge in [-0.05, 0) is 36.2 Å². The fourth-order valence-corrected chi connectivity index (χ4v) is 2.95. The molecule has 2 atom stereocenters. The van der Waals surface area contributed by atoms with Gasteiger partial charge in [-0.3, -0.25) is 4.79 Å². The Morgan fingerprint density at radius 3 is 2.71 bits per heavy atom. The summed E-state index contributed by atoms with van der Waals surface area (Å²) in [7, 11) is 0. The number of aromatic nitrogens is 1. The number of aliphatic carboxylic acids is 1. The molecule has 124 valence electrons. The van der Waals surface area contributed by atoms with E-state index in [2.05, 4.69) is 10.3 Å². The normalized spacial score (nSPS) is 13.6. The molecule has 0 saturated heterocycles. The molecule has 0 saturated carbocycles. The van der Waals surface area contributed by atoms with E-state index in [0.717, 1.165) is 22.0 Å². The zero-order valence-corrected chi connectivity index (χ0v) is 13.3. The average molecular weight is 325 g/mol. The van der Waals surface area contributed by atoms with Crippen LogP contribution in [0.25, 0.3) is 10.9 Å². The highest BCUT2D eigenvalue weighted by atomic mass is 16.4. The molecule has 0 aliphatic heterocycles. The van der Waals surface area contributed by atoms with Crippen molar-refractivity contribution in [2.45, 2.75) is 25.8 Å². The van der Waals surface area contributed by atoms with Crippen molar-refractivity contribution in [1.29, 1.82) is 0 Å². The van der Waals surface area contributed by atoms with Crippen LogP contribution in [0, 0.1) is 6.92 Å². The molecular formula is C18H17N2O4-. The van der Waals surface area contributed by atoms with Crippen molar-refractivity contribution in [2.24, 2.45) is 0 Å². The molecule has 0 aliphatic carbocycles. The molecule has 0 unspecified atom stereocenters. The highest BCUT2D eigenvalue weighted by molar-refractivity contribution is 5.95. The Kier molecular flexibility index (Phi) is 4.12. The van der Waals surface area contributed by atoms with E-state index in [-0.39, 0.29) is 5.76 Å². The Labute approximate surface area is 138 Å². The van der Waals surface area contributed by atoms with E-state index < -0.39 is 23.8 Å². The molecule has 6 nitrogen and oxygen atoms in total. The predicted molar refractivity (Wildman–Crippen MR) is 86.4 cm³/mol. The largest absolute Gasteiger partial charge is 0.548 e. The van der Waals surface area contributed by atoms with Crippen molar-refractivity contribution in [1.82, 2.24) is 10.3 Å². The summed E-state index contributed by atoms with van der Waals surface area (Å²) < 4.78 is 5.00. The van der Waals surface area contributed by atoms with Crippen LogP contribution in [-0.4, -0.2) is 22.9 Å². The third kappa shape index (κ3) is 2.78. The summed E-state index contributed by atoms with van der Waals surface area (Å²) in [5.41, 5.74) is 2.77. The standard InChI is InChI=1S/C18H18N2O4/c1-10-5-3-6-13-15(10)12(9-19-13)11(2)16(18(22)23)20-17(21)14-7-4-8-24-14/h3-9,11,16,19H,1-2H3,(H,20,21)(H,22,23)/p-1/t11-,16+/m0/s1. The minimum absolute atomic E-state index is 0.0588. The van der Waals surface area contributed by atoms with E-state index in [1.807, 2.05) is 25.1 Å². The lowest BCUT2D eigenvalue weighted by Gasteiger charge is -2.25. The first kappa shape index (κ1) is 15.9. The Hall–Kier alpha value is -3.02. The Bertz CT molecular complexity index is 880. The van der Waals surface area contributed by atoms with E-state index in [4.69, 9.17) is 4.42 Å². The van der Waals surface area contributed by atoms with Gasteiger partial charge in [-0.25, -0.2) is 0 Å². The maximum atomic E-state index is 12.1. The lowest BCUT2D eigenvalue weighted by molar-refractivity contribution is -0.308. The van der Waals surface area contributed by atoms with Crippen LogP contribution in [-0.2, 0) is 4.79 Å². The molecule has 6 heteroatoms. The fraction of sp³-hybridized carbons (Fsp3) is 0.222. The van der Waals surface area contributed by atoms with Crippen LogP contribution < -0.4 is 10.4 Å². The number of aryl methyl sites for hydroxylation is 1. The van der Waals surface area contributed by atoms with Crippen molar-refractivity contribution >= 4 is 22.8 Å². The van der Waals surface area contributed by atoms with Crippen LogP contribution in [0.2, 0.25) is 0 Å². The van der Waals surface area contributed by atoms with Gasteiger partial charge in [0.2, 0.25) is 0 Å². The van der Waals surface area contributed by atoms with Gasteiger partial charge in [0.1, 0.15) is 0 Å². The summed E-state index contributed by atoms with van der Waals surface area (Å²) >= 11 is 0. The smallest absolute Gasteiger partial charge is 0.287 e. The maximum Gasteiger partial charge on any atom is 0.287 e. The second-order valence-electron chi connectivity index (χ2n) is 5.78. The third-order valence-electron chi connectivity index (χ3n) is 4.22. The number of carbonyl (C=O) groups is 2. The Balaban J connectivity index is 1.93.